The van der Waals surface area contributed by atoms with Gasteiger partial charge in [0, 0.05) is 5.92 Å². The normalized spacial score (nSPS) is 27.1. The van der Waals surface area contributed by atoms with Crippen LogP contribution in [0.25, 0.3) is 0 Å². The van der Waals surface area contributed by atoms with Gasteiger partial charge in [-0.15, -0.1) is 0 Å². The molecule has 0 spiro atoms. The minimum Gasteiger partial charge on any atom is -0.466 e. The molecule has 3 unspecified atom stereocenters. The van der Waals surface area contributed by atoms with Crippen LogP contribution in [0.15, 0.2) is 0 Å². The summed E-state index contributed by atoms with van der Waals surface area (Å²) in [7, 11) is 0. The van der Waals surface area contributed by atoms with E-state index in [0.29, 0.717) is 0 Å². The summed E-state index contributed by atoms with van der Waals surface area (Å²) in [5.74, 6) is -5.74. The van der Waals surface area contributed by atoms with Crippen LogP contribution in [0.4, 0.5) is 0 Å². The van der Waals surface area contributed by atoms with Gasteiger partial charge in [0.15, 0.2) is 5.41 Å². The second kappa shape index (κ2) is 7.19. The Labute approximate surface area is 139 Å². The fourth-order valence-corrected chi connectivity index (χ4v) is 3.63. The maximum absolute atomic E-state index is 12.7. The molecular weight excluding hydrogens is 320 g/mol. The molecule has 2 fully saturated rings. The zero-order valence-corrected chi connectivity index (χ0v) is 14.0. The van der Waals surface area contributed by atoms with Crippen molar-refractivity contribution in [1.29, 1.82) is 0 Å². The topological polar surface area (TPSA) is 105 Å². The predicted molar refractivity (Wildman–Crippen MR) is 78.4 cm³/mol. The van der Waals surface area contributed by atoms with Crippen molar-refractivity contribution in [3.63, 3.8) is 0 Å². The Morgan fingerprint density at radius 2 is 1.58 bits per heavy atom. The van der Waals surface area contributed by atoms with Gasteiger partial charge < -0.3 is 18.9 Å². The molecule has 134 valence electrons. The van der Waals surface area contributed by atoms with Gasteiger partial charge in [-0.1, -0.05) is 0 Å². The van der Waals surface area contributed by atoms with Crippen molar-refractivity contribution in [3.05, 3.63) is 0 Å². The van der Waals surface area contributed by atoms with Crippen molar-refractivity contribution < 1.29 is 38.1 Å². The van der Waals surface area contributed by atoms with E-state index in [-0.39, 0.29) is 32.8 Å². The molecule has 0 radical (unpaired) electrons. The molecule has 0 aromatic carbocycles. The molecular formula is C16H22O8. The lowest BCUT2D eigenvalue weighted by atomic mass is 9.75. The van der Waals surface area contributed by atoms with E-state index in [4.69, 9.17) is 18.9 Å². The van der Waals surface area contributed by atoms with E-state index in [1.165, 1.54) is 0 Å². The smallest absolute Gasteiger partial charge is 0.324 e. The largest absolute Gasteiger partial charge is 0.466 e. The van der Waals surface area contributed by atoms with Crippen LogP contribution < -0.4 is 0 Å². The summed E-state index contributed by atoms with van der Waals surface area (Å²) in [5, 5.41) is 0. The van der Waals surface area contributed by atoms with Gasteiger partial charge in [-0.05, 0) is 27.2 Å². The van der Waals surface area contributed by atoms with Gasteiger partial charge in [0.2, 0.25) is 0 Å². The van der Waals surface area contributed by atoms with Crippen LogP contribution in [0.3, 0.4) is 0 Å². The highest BCUT2D eigenvalue weighted by Crippen LogP contribution is 2.55. The van der Waals surface area contributed by atoms with Crippen LogP contribution in [0.2, 0.25) is 0 Å². The molecule has 2 rings (SSSR count). The Hall–Kier alpha value is -2.12. The maximum Gasteiger partial charge on any atom is 0.324 e. The van der Waals surface area contributed by atoms with Gasteiger partial charge in [0.1, 0.15) is 0 Å². The lowest BCUT2D eigenvalue weighted by molar-refractivity contribution is -0.183. The fourth-order valence-electron chi connectivity index (χ4n) is 3.63. The maximum atomic E-state index is 12.7. The van der Waals surface area contributed by atoms with Gasteiger partial charge in [0.05, 0.1) is 38.3 Å². The van der Waals surface area contributed by atoms with Gasteiger partial charge in [-0.25, -0.2) is 0 Å². The molecule has 8 heteroatoms. The first kappa shape index (κ1) is 18.2. The van der Waals surface area contributed by atoms with E-state index in [0.717, 1.165) is 0 Å². The number of esters is 4. The number of carbonyl (C=O) groups excluding carboxylic acids is 4. The molecule has 1 saturated carbocycles. The van der Waals surface area contributed by atoms with E-state index < -0.39 is 47.0 Å². The predicted octanol–water partition coefficient (Wildman–Crippen LogP) is 0.471. The highest BCUT2D eigenvalue weighted by molar-refractivity contribution is 6.06. The Bertz CT molecular complexity index is 522. The third-order valence-corrected chi connectivity index (χ3v) is 4.51. The Kier molecular flexibility index (Phi) is 5.46. The average Bonchev–Trinajstić information content (AvgIpc) is 3.06. The zero-order valence-electron chi connectivity index (χ0n) is 14.0. The van der Waals surface area contributed by atoms with Crippen molar-refractivity contribution in [3.8, 4) is 0 Å². The number of cyclic esters (lactones) is 1. The fraction of sp³-hybridized carbons (Fsp3) is 0.750. The van der Waals surface area contributed by atoms with Crippen LogP contribution in [-0.4, -0.2) is 50.3 Å². The second-order valence-corrected chi connectivity index (χ2v) is 5.76. The standard InChI is InChI=1S/C16H22O8/c1-4-21-13(18)11-10-9(8-24-12(10)17)7-16(11,14(19)22-5-2)15(20)23-6-3/h9-11H,4-8H2,1-3H3. The van der Waals surface area contributed by atoms with E-state index >= 15 is 0 Å². The first-order valence-electron chi connectivity index (χ1n) is 8.11. The first-order chi connectivity index (χ1) is 11.4. The molecule has 1 saturated heterocycles. The third-order valence-electron chi connectivity index (χ3n) is 4.51. The van der Waals surface area contributed by atoms with Crippen LogP contribution in [0, 0.1) is 23.2 Å². The molecule has 0 aromatic heterocycles. The summed E-state index contributed by atoms with van der Waals surface area (Å²) >= 11 is 0. The first-order valence-corrected chi connectivity index (χ1v) is 8.11. The zero-order chi connectivity index (χ0) is 17.9. The molecule has 3 atom stereocenters. The number of carbonyl (C=O) groups is 4. The molecule has 8 nitrogen and oxygen atoms in total. The van der Waals surface area contributed by atoms with Crippen LogP contribution in [-0.2, 0) is 38.1 Å². The number of fused-ring (bicyclic) bond motifs is 1. The number of ether oxygens (including phenoxy) is 4. The molecule has 1 aliphatic carbocycles. The van der Waals surface area contributed by atoms with Gasteiger partial charge >= 0.3 is 23.9 Å². The van der Waals surface area contributed by atoms with Gasteiger partial charge in [-0.3, -0.25) is 19.2 Å². The molecule has 1 heterocycles. The van der Waals surface area contributed by atoms with Crippen LogP contribution in [0.5, 0.6) is 0 Å². The van der Waals surface area contributed by atoms with Gasteiger partial charge in [-0.2, -0.15) is 0 Å². The number of hydrogen-bond acceptors (Lipinski definition) is 8. The SMILES string of the molecule is CCOC(=O)C1C2C(=O)OCC2CC1(C(=O)OCC)C(=O)OCC. The van der Waals surface area contributed by atoms with Crippen LogP contribution in [0.1, 0.15) is 27.2 Å². The van der Waals surface area contributed by atoms with E-state index in [2.05, 4.69) is 0 Å². The summed E-state index contributed by atoms with van der Waals surface area (Å²) in [6, 6.07) is 0. The summed E-state index contributed by atoms with van der Waals surface area (Å²) in [6.45, 7) is 4.99. The number of hydrogen-bond donors (Lipinski definition) is 0. The molecule has 0 N–H and O–H groups in total. The minimum atomic E-state index is -1.87. The van der Waals surface area contributed by atoms with Gasteiger partial charge in [0.25, 0.3) is 0 Å². The van der Waals surface area contributed by atoms with Crippen molar-refractivity contribution in [2.24, 2.45) is 23.2 Å². The van der Waals surface area contributed by atoms with Crippen molar-refractivity contribution >= 4 is 23.9 Å². The van der Waals surface area contributed by atoms with Crippen molar-refractivity contribution in [2.45, 2.75) is 27.2 Å². The highest BCUT2D eigenvalue weighted by atomic mass is 16.6. The average molecular weight is 342 g/mol. The van der Waals surface area contributed by atoms with Crippen LogP contribution >= 0.6 is 0 Å². The molecule has 1 aliphatic heterocycles. The summed E-state index contributed by atoms with van der Waals surface area (Å²) in [5.41, 5.74) is -1.87. The third kappa shape index (κ3) is 2.74. The minimum absolute atomic E-state index is 0.0370. The van der Waals surface area contributed by atoms with E-state index in [1.807, 2.05) is 0 Å². The highest BCUT2D eigenvalue weighted by Gasteiger charge is 2.71. The lowest BCUT2D eigenvalue weighted by Crippen LogP contribution is -2.50. The number of rotatable bonds is 6. The summed E-state index contributed by atoms with van der Waals surface area (Å²) < 4.78 is 20.1. The summed E-state index contributed by atoms with van der Waals surface area (Å²) in [6.07, 6.45) is -0.0371. The van der Waals surface area contributed by atoms with Crippen molar-refractivity contribution in [2.75, 3.05) is 26.4 Å². The molecule has 24 heavy (non-hydrogen) atoms. The Morgan fingerprint density at radius 3 is 2.08 bits per heavy atom. The monoisotopic (exact) mass is 342 g/mol. The van der Waals surface area contributed by atoms with E-state index in [1.54, 1.807) is 20.8 Å². The second-order valence-electron chi connectivity index (χ2n) is 5.76. The molecule has 0 bridgehead atoms. The molecule has 2 aliphatic rings. The summed E-state index contributed by atoms with van der Waals surface area (Å²) in [4.78, 5) is 49.9. The Balaban J connectivity index is 2.52. The Morgan fingerprint density at radius 1 is 1.04 bits per heavy atom. The quantitative estimate of drug-likeness (QED) is 0.390. The molecule has 0 amide bonds. The lowest BCUT2D eigenvalue weighted by Gasteiger charge is -2.30. The van der Waals surface area contributed by atoms with E-state index in [9.17, 15) is 19.2 Å². The van der Waals surface area contributed by atoms with Crippen molar-refractivity contribution in [1.82, 2.24) is 0 Å². The molecule has 0 aromatic rings.